The van der Waals surface area contributed by atoms with Gasteiger partial charge >= 0.3 is 11.9 Å². The zero-order chi connectivity index (χ0) is 26.5. The maximum absolute atomic E-state index is 12.2. The number of esters is 2. The fraction of sp³-hybridized carbons (Fsp3) is 0.935. The van der Waals surface area contributed by atoms with Gasteiger partial charge in [0.25, 0.3) is 0 Å². The molecule has 0 unspecified atom stereocenters. The summed E-state index contributed by atoms with van der Waals surface area (Å²) >= 11 is 0. The van der Waals surface area contributed by atoms with Crippen LogP contribution in [0.5, 0.6) is 0 Å². The Labute approximate surface area is 219 Å². The van der Waals surface area contributed by atoms with Crippen LogP contribution in [0.4, 0.5) is 0 Å². The second kappa shape index (κ2) is 10.2. The molecule has 4 rings (SSSR count). The average molecular weight is 505 g/mol. The topological polar surface area (TPSA) is 72.8 Å². The Hall–Kier alpha value is -1.10. The Morgan fingerprint density at radius 1 is 0.944 bits per heavy atom. The van der Waals surface area contributed by atoms with E-state index in [4.69, 9.17) is 9.47 Å². The average Bonchev–Trinajstić information content (AvgIpc) is 3.05. The molecular formula is C31H52O5. The highest BCUT2D eigenvalue weighted by Gasteiger charge is 2.66. The third kappa shape index (κ3) is 5.12. The molecule has 5 nitrogen and oxygen atoms in total. The number of hydrogen-bond acceptors (Lipinski definition) is 5. The first-order valence-electron chi connectivity index (χ1n) is 14.8. The first-order valence-corrected chi connectivity index (χ1v) is 14.8. The van der Waals surface area contributed by atoms with E-state index in [9.17, 15) is 14.7 Å². The minimum Gasteiger partial charge on any atom is -0.463 e. The molecule has 4 aliphatic rings. The second-order valence-electron chi connectivity index (χ2n) is 14.2. The van der Waals surface area contributed by atoms with E-state index in [2.05, 4.69) is 27.7 Å². The quantitative estimate of drug-likeness (QED) is 0.391. The van der Waals surface area contributed by atoms with Gasteiger partial charge in [-0.2, -0.15) is 0 Å². The molecule has 4 saturated carbocycles. The molecule has 4 aliphatic carbocycles. The van der Waals surface area contributed by atoms with E-state index < -0.39 is 5.60 Å². The number of carbonyl (C=O) groups is 2. The third-order valence-corrected chi connectivity index (χ3v) is 11.4. The number of hydrogen-bond donors (Lipinski definition) is 1. The zero-order valence-electron chi connectivity index (χ0n) is 24.0. The van der Waals surface area contributed by atoms with Gasteiger partial charge < -0.3 is 14.6 Å². The summed E-state index contributed by atoms with van der Waals surface area (Å²) in [5.41, 5.74) is -0.565. The third-order valence-electron chi connectivity index (χ3n) is 11.4. The van der Waals surface area contributed by atoms with Crippen molar-refractivity contribution in [3.63, 3.8) is 0 Å². The van der Waals surface area contributed by atoms with Crippen molar-refractivity contribution in [1.29, 1.82) is 0 Å². The lowest BCUT2D eigenvalue weighted by molar-refractivity contribution is -0.170. The van der Waals surface area contributed by atoms with Crippen molar-refractivity contribution < 1.29 is 24.2 Å². The van der Waals surface area contributed by atoms with E-state index in [1.807, 2.05) is 6.92 Å². The summed E-state index contributed by atoms with van der Waals surface area (Å²) in [7, 11) is 0. The number of ether oxygens (including phenoxy) is 2. The predicted octanol–water partition coefficient (Wildman–Crippen LogP) is 6.70. The maximum Gasteiger partial charge on any atom is 0.302 e. The van der Waals surface area contributed by atoms with Crippen LogP contribution in [0.2, 0.25) is 0 Å². The van der Waals surface area contributed by atoms with Crippen LogP contribution in [0.25, 0.3) is 0 Å². The number of fused-ring (bicyclic) bond motifs is 5. The molecular weight excluding hydrogens is 452 g/mol. The molecule has 0 aromatic heterocycles. The Kier molecular flexibility index (Phi) is 7.93. The van der Waals surface area contributed by atoms with Crippen LogP contribution in [0.1, 0.15) is 119 Å². The van der Waals surface area contributed by atoms with E-state index in [-0.39, 0.29) is 40.9 Å². The molecule has 0 saturated heterocycles. The maximum atomic E-state index is 12.2. The van der Waals surface area contributed by atoms with Gasteiger partial charge in [-0.15, -0.1) is 0 Å². The molecule has 0 heterocycles. The van der Waals surface area contributed by atoms with Crippen molar-refractivity contribution in [1.82, 2.24) is 0 Å². The van der Waals surface area contributed by atoms with Crippen molar-refractivity contribution in [3.8, 4) is 0 Å². The lowest BCUT2D eigenvalue weighted by atomic mass is 9.44. The first kappa shape index (κ1) is 27.9. The SMILES string of the molecule is CC(=O)O[C@H]1CC[C@@]2(C)[C@@H](CC[C@@H]3[C@@H]2CC[C@@]2(C)[C@H]3C[C@H](OC(C)=O)[C@@H]2[C@](C)(O)CCCC(C)C)C1. The molecule has 0 spiro atoms. The van der Waals surface area contributed by atoms with E-state index in [1.165, 1.54) is 33.1 Å². The standard InChI is InChI=1S/C31H52O5/c1-19(2)9-8-14-31(7,34)28-27(36-21(4)33)18-26-24-11-10-22-17-23(35-20(3)32)12-15-29(22,5)25(24)13-16-30(26,28)6/h19,22-28,34H,8-18H2,1-7H3/t22-,23-,24+,25-,26-,27-,28-,29-,30-,31+/m0/s1. The van der Waals surface area contributed by atoms with Crippen molar-refractivity contribution in [2.45, 2.75) is 137 Å². The molecule has 206 valence electrons. The normalized spacial score (nSPS) is 43.6. The van der Waals surface area contributed by atoms with Gasteiger partial charge in [-0.3, -0.25) is 9.59 Å². The van der Waals surface area contributed by atoms with Crippen molar-refractivity contribution in [2.75, 3.05) is 0 Å². The van der Waals surface area contributed by atoms with Crippen LogP contribution in [-0.2, 0) is 19.1 Å². The summed E-state index contributed by atoms with van der Waals surface area (Å²) in [5, 5.41) is 11.9. The predicted molar refractivity (Wildman–Crippen MR) is 141 cm³/mol. The molecule has 4 fully saturated rings. The highest BCUT2D eigenvalue weighted by atomic mass is 16.5. The van der Waals surface area contributed by atoms with Gasteiger partial charge in [-0.05, 0) is 105 Å². The van der Waals surface area contributed by atoms with Crippen LogP contribution in [-0.4, -0.2) is 34.9 Å². The van der Waals surface area contributed by atoms with Crippen molar-refractivity contribution in [3.05, 3.63) is 0 Å². The van der Waals surface area contributed by atoms with Gasteiger partial charge in [0.15, 0.2) is 0 Å². The van der Waals surface area contributed by atoms with Crippen molar-refractivity contribution in [2.24, 2.45) is 46.3 Å². The Morgan fingerprint density at radius 3 is 2.25 bits per heavy atom. The molecule has 1 N–H and O–H groups in total. The van der Waals surface area contributed by atoms with E-state index in [1.54, 1.807) is 0 Å². The zero-order valence-corrected chi connectivity index (χ0v) is 24.0. The van der Waals surface area contributed by atoms with E-state index in [0.29, 0.717) is 29.6 Å². The fourth-order valence-electron chi connectivity index (χ4n) is 10.0. The second-order valence-corrected chi connectivity index (χ2v) is 14.2. The van der Waals surface area contributed by atoms with Crippen LogP contribution in [0.3, 0.4) is 0 Å². The Balaban J connectivity index is 1.57. The van der Waals surface area contributed by atoms with Gasteiger partial charge in [0.1, 0.15) is 12.2 Å². The Bertz CT molecular complexity index is 820. The highest BCUT2D eigenvalue weighted by Crippen LogP contribution is 2.69. The molecule has 0 aromatic rings. The Morgan fingerprint density at radius 2 is 1.61 bits per heavy atom. The first-order chi connectivity index (χ1) is 16.8. The molecule has 0 radical (unpaired) electrons. The van der Waals surface area contributed by atoms with E-state index in [0.717, 1.165) is 51.4 Å². The summed E-state index contributed by atoms with van der Waals surface area (Å²) in [5.74, 6) is 2.60. The van der Waals surface area contributed by atoms with Gasteiger partial charge in [-0.1, -0.05) is 40.5 Å². The van der Waals surface area contributed by atoms with Gasteiger partial charge in [0.05, 0.1) is 5.60 Å². The summed E-state index contributed by atoms with van der Waals surface area (Å²) in [6, 6.07) is 0. The van der Waals surface area contributed by atoms with Crippen molar-refractivity contribution >= 4 is 11.9 Å². The van der Waals surface area contributed by atoms with Crippen LogP contribution in [0, 0.1) is 46.3 Å². The molecule has 0 bridgehead atoms. The van der Waals surface area contributed by atoms with Gasteiger partial charge in [0.2, 0.25) is 0 Å². The van der Waals surface area contributed by atoms with Gasteiger partial charge in [-0.25, -0.2) is 0 Å². The number of aliphatic hydroxyl groups is 1. The molecule has 0 aromatic carbocycles. The minimum absolute atomic E-state index is 0.0131. The summed E-state index contributed by atoms with van der Waals surface area (Å²) < 4.78 is 11.7. The fourth-order valence-corrected chi connectivity index (χ4v) is 10.0. The number of rotatable bonds is 7. The smallest absolute Gasteiger partial charge is 0.302 e. The monoisotopic (exact) mass is 504 g/mol. The minimum atomic E-state index is -0.839. The van der Waals surface area contributed by atoms with Gasteiger partial charge in [0, 0.05) is 19.8 Å². The van der Waals surface area contributed by atoms with Crippen LogP contribution >= 0.6 is 0 Å². The summed E-state index contributed by atoms with van der Waals surface area (Å²) in [4.78, 5) is 23.8. The molecule has 5 heteroatoms. The lowest BCUT2D eigenvalue weighted by Crippen LogP contribution is -2.56. The highest BCUT2D eigenvalue weighted by molar-refractivity contribution is 5.66. The molecule has 0 aliphatic heterocycles. The summed E-state index contributed by atoms with van der Waals surface area (Å²) in [6.07, 6.45) is 11.4. The molecule has 10 atom stereocenters. The number of carbonyl (C=O) groups excluding carboxylic acids is 2. The summed E-state index contributed by atoms with van der Waals surface area (Å²) in [6.45, 7) is 14.5. The van der Waals surface area contributed by atoms with E-state index >= 15 is 0 Å². The molecule has 36 heavy (non-hydrogen) atoms. The van der Waals surface area contributed by atoms with Crippen LogP contribution in [0.15, 0.2) is 0 Å². The largest absolute Gasteiger partial charge is 0.463 e. The van der Waals surface area contributed by atoms with Crippen LogP contribution < -0.4 is 0 Å². The lowest BCUT2D eigenvalue weighted by Gasteiger charge is -2.61. The molecule has 0 amide bonds.